The molecule has 0 fully saturated rings. The SMILES string of the molecule is COC(=O)C(C(C)C)C(C)(O)c1ccc(CC(C)C)cc1. The van der Waals surface area contributed by atoms with Gasteiger partial charge in [-0.05, 0) is 36.3 Å². The maximum atomic E-state index is 12.0. The van der Waals surface area contributed by atoms with Crippen LogP contribution in [-0.4, -0.2) is 18.2 Å². The molecule has 0 aliphatic heterocycles. The van der Waals surface area contributed by atoms with E-state index in [4.69, 9.17) is 4.74 Å². The fourth-order valence-electron chi connectivity index (χ4n) is 2.91. The van der Waals surface area contributed by atoms with Gasteiger partial charge in [0.1, 0.15) is 5.60 Å². The third kappa shape index (κ3) is 4.31. The van der Waals surface area contributed by atoms with Crippen LogP contribution in [0.2, 0.25) is 0 Å². The fraction of sp³-hybridized carbons (Fsp3) is 0.611. The van der Waals surface area contributed by atoms with Gasteiger partial charge in [0.2, 0.25) is 0 Å². The number of aliphatic hydroxyl groups is 1. The van der Waals surface area contributed by atoms with Gasteiger partial charge in [0, 0.05) is 0 Å². The van der Waals surface area contributed by atoms with E-state index >= 15 is 0 Å². The molecule has 0 heterocycles. The summed E-state index contributed by atoms with van der Waals surface area (Å²) in [4.78, 5) is 12.0. The van der Waals surface area contributed by atoms with E-state index in [0.29, 0.717) is 5.92 Å². The van der Waals surface area contributed by atoms with Crippen molar-refractivity contribution in [1.29, 1.82) is 0 Å². The Morgan fingerprint density at radius 2 is 1.71 bits per heavy atom. The van der Waals surface area contributed by atoms with E-state index in [-0.39, 0.29) is 11.9 Å². The molecule has 0 aliphatic carbocycles. The number of carbonyl (C=O) groups is 1. The van der Waals surface area contributed by atoms with Crippen LogP contribution < -0.4 is 0 Å². The zero-order chi connectivity index (χ0) is 16.2. The Morgan fingerprint density at radius 1 is 1.19 bits per heavy atom. The summed E-state index contributed by atoms with van der Waals surface area (Å²) in [6.45, 7) is 9.88. The lowest BCUT2D eigenvalue weighted by Crippen LogP contribution is -2.41. The third-order valence-corrected chi connectivity index (χ3v) is 3.91. The molecule has 2 unspecified atom stereocenters. The number of benzene rings is 1. The van der Waals surface area contributed by atoms with E-state index in [1.165, 1.54) is 12.7 Å². The largest absolute Gasteiger partial charge is 0.469 e. The van der Waals surface area contributed by atoms with Gasteiger partial charge in [0.25, 0.3) is 0 Å². The quantitative estimate of drug-likeness (QED) is 0.816. The summed E-state index contributed by atoms with van der Waals surface area (Å²) in [5.74, 6) is -0.377. The van der Waals surface area contributed by atoms with Crippen molar-refractivity contribution >= 4 is 5.97 Å². The summed E-state index contributed by atoms with van der Waals surface area (Å²) < 4.78 is 4.86. The van der Waals surface area contributed by atoms with Crippen LogP contribution >= 0.6 is 0 Å². The van der Waals surface area contributed by atoms with E-state index in [9.17, 15) is 9.90 Å². The predicted octanol–water partition coefficient (Wildman–Crippen LogP) is 3.54. The van der Waals surface area contributed by atoms with E-state index in [0.717, 1.165) is 12.0 Å². The predicted molar refractivity (Wildman–Crippen MR) is 84.9 cm³/mol. The molecule has 1 aromatic rings. The monoisotopic (exact) mass is 292 g/mol. The van der Waals surface area contributed by atoms with Crippen LogP contribution in [0.25, 0.3) is 0 Å². The van der Waals surface area contributed by atoms with Crippen molar-refractivity contribution in [3.05, 3.63) is 35.4 Å². The molecule has 0 spiro atoms. The Kier molecular flexibility index (Phi) is 5.97. The topological polar surface area (TPSA) is 46.5 Å². The number of methoxy groups -OCH3 is 1. The molecule has 0 aliphatic rings. The Morgan fingerprint density at radius 3 is 2.10 bits per heavy atom. The van der Waals surface area contributed by atoms with Crippen LogP contribution in [0.3, 0.4) is 0 Å². The number of ether oxygens (including phenoxy) is 1. The minimum atomic E-state index is -1.24. The molecule has 0 radical (unpaired) electrons. The molecule has 0 amide bonds. The number of esters is 1. The summed E-state index contributed by atoms with van der Waals surface area (Å²) in [7, 11) is 1.36. The van der Waals surface area contributed by atoms with Crippen molar-refractivity contribution in [1.82, 2.24) is 0 Å². The van der Waals surface area contributed by atoms with Crippen molar-refractivity contribution in [2.24, 2.45) is 17.8 Å². The summed E-state index contributed by atoms with van der Waals surface area (Å²) in [6.07, 6.45) is 1.01. The summed E-state index contributed by atoms with van der Waals surface area (Å²) in [5.41, 5.74) is 0.750. The fourth-order valence-corrected chi connectivity index (χ4v) is 2.91. The molecule has 1 N–H and O–H groups in total. The zero-order valence-electron chi connectivity index (χ0n) is 14.0. The van der Waals surface area contributed by atoms with Crippen molar-refractivity contribution < 1.29 is 14.6 Å². The van der Waals surface area contributed by atoms with Crippen LogP contribution in [-0.2, 0) is 21.6 Å². The molecular weight excluding hydrogens is 264 g/mol. The standard InChI is InChI=1S/C18H28O3/c1-12(2)11-14-7-9-15(10-8-14)18(5,20)16(13(3)4)17(19)21-6/h7-10,12-13,16,20H,11H2,1-6H3. The van der Waals surface area contributed by atoms with Gasteiger partial charge >= 0.3 is 5.97 Å². The molecule has 0 bridgehead atoms. The second kappa shape index (κ2) is 7.08. The van der Waals surface area contributed by atoms with E-state index < -0.39 is 11.5 Å². The molecule has 21 heavy (non-hydrogen) atoms. The van der Waals surface area contributed by atoms with Crippen LogP contribution in [0.5, 0.6) is 0 Å². The van der Waals surface area contributed by atoms with Gasteiger partial charge in [-0.25, -0.2) is 0 Å². The van der Waals surface area contributed by atoms with Gasteiger partial charge in [0.15, 0.2) is 0 Å². The second-order valence-electron chi connectivity index (χ2n) is 6.69. The van der Waals surface area contributed by atoms with Gasteiger partial charge in [-0.2, -0.15) is 0 Å². The third-order valence-electron chi connectivity index (χ3n) is 3.91. The van der Waals surface area contributed by atoms with Crippen LogP contribution in [0.1, 0.15) is 45.7 Å². The lowest BCUT2D eigenvalue weighted by Gasteiger charge is -2.34. The first kappa shape index (κ1) is 17.7. The highest BCUT2D eigenvalue weighted by atomic mass is 16.5. The molecule has 0 aromatic heterocycles. The Hall–Kier alpha value is -1.35. The smallest absolute Gasteiger partial charge is 0.312 e. The highest BCUT2D eigenvalue weighted by Crippen LogP contribution is 2.35. The molecular formula is C18H28O3. The van der Waals surface area contributed by atoms with Crippen LogP contribution in [0.4, 0.5) is 0 Å². The average Bonchev–Trinajstić information content (AvgIpc) is 2.37. The highest BCUT2D eigenvalue weighted by Gasteiger charge is 2.41. The van der Waals surface area contributed by atoms with Crippen molar-refractivity contribution in [2.45, 2.75) is 46.6 Å². The zero-order valence-corrected chi connectivity index (χ0v) is 14.0. The first-order chi connectivity index (χ1) is 9.70. The molecule has 3 nitrogen and oxygen atoms in total. The molecule has 0 saturated heterocycles. The average molecular weight is 292 g/mol. The Balaban J connectivity index is 3.07. The summed E-state index contributed by atoms with van der Waals surface area (Å²) in [6, 6.07) is 7.88. The second-order valence-corrected chi connectivity index (χ2v) is 6.69. The molecule has 1 rings (SSSR count). The maximum Gasteiger partial charge on any atom is 0.312 e. The van der Waals surface area contributed by atoms with E-state index in [1.54, 1.807) is 6.92 Å². The maximum absolute atomic E-state index is 12.0. The highest BCUT2D eigenvalue weighted by molar-refractivity contribution is 5.74. The Bertz CT molecular complexity index is 458. The number of rotatable bonds is 6. The van der Waals surface area contributed by atoms with E-state index in [2.05, 4.69) is 13.8 Å². The number of carbonyl (C=O) groups excluding carboxylic acids is 1. The van der Waals surface area contributed by atoms with Gasteiger partial charge in [-0.1, -0.05) is 52.0 Å². The van der Waals surface area contributed by atoms with Gasteiger partial charge in [0.05, 0.1) is 13.0 Å². The number of hydrogen-bond acceptors (Lipinski definition) is 3. The van der Waals surface area contributed by atoms with Gasteiger partial charge < -0.3 is 9.84 Å². The van der Waals surface area contributed by atoms with E-state index in [1.807, 2.05) is 38.1 Å². The van der Waals surface area contributed by atoms with Gasteiger partial charge in [-0.15, -0.1) is 0 Å². The molecule has 0 saturated carbocycles. The summed E-state index contributed by atoms with van der Waals surface area (Å²) in [5, 5.41) is 10.9. The summed E-state index contributed by atoms with van der Waals surface area (Å²) >= 11 is 0. The first-order valence-electron chi connectivity index (χ1n) is 7.59. The minimum Gasteiger partial charge on any atom is -0.469 e. The molecule has 2 atom stereocenters. The lowest BCUT2D eigenvalue weighted by atomic mass is 9.76. The van der Waals surface area contributed by atoms with Crippen molar-refractivity contribution in [3.63, 3.8) is 0 Å². The minimum absolute atomic E-state index is 0.0113. The van der Waals surface area contributed by atoms with Crippen molar-refractivity contribution in [3.8, 4) is 0 Å². The number of hydrogen-bond donors (Lipinski definition) is 1. The van der Waals surface area contributed by atoms with Crippen LogP contribution in [0.15, 0.2) is 24.3 Å². The molecule has 3 heteroatoms. The van der Waals surface area contributed by atoms with Crippen LogP contribution in [0, 0.1) is 17.8 Å². The first-order valence-corrected chi connectivity index (χ1v) is 7.59. The van der Waals surface area contributed by atoms with Crippen molar-refractivity contribution in [2.75, 3.05) is 7.11 Å². The Labute approximate surface area is 128 Å². The molecule has 1 aromatic carbocycles. The lowest BCUT2D eigenvalue weighted by molar-refractivity contribution is -0.159. The van der Waals surface area contributed by atoms with Gasteiger partial charge in [-0.3, -0.25) is 4.79 Å². The molecule has 118 valence electrons. The normalized spacial score (nSPS) is 15.9.